The van der Waals surface area contributed by atoms with Crippen molar-refractivity contribution >= 4 is 71.0 Å². The maximum atomic E-state index is 14.6. The van der Waals surface area contributed by atoms with Crippen LogP contribution >= 0.6 is 0 Å². The topological polar surface area (TPSA) is 471 Å². The van der Waals surface area contributed by atoms with Gasteiger partial charge >= 0.3 is 11.9 Å². The van der Waals surface area contributed by atoms with Gasteiger partial charge in [0.05, 0.1) is 6.10 Å². The van der Waals surface area contributed by atoms with Crippen molar-refractivity contribution in [3.63, 3.8) is 0 Å². The molecule has 1 fully saturated rings. The lowest BCUT2D eigenvalue weighted by Gasteiger charge is -2.31. The number of aliphatic hydroxyl groups excluding tert-OH is 1. The van der Waals surface area contributed by atoms with E-state index in [9.17, 15) is 83.1 Å². The summed E-state index contributed by atoms with van der Waals surface area (Å²) in [6, 6.07) is 5.72. The van der Waals surface area contributed by atoms with Crippen molar-refractivity contribution in [3.8, 4) is 11.5 Å². The molecular formula is C57H77N11O17. The largest absolute Gasteiger partial charge is 0.508 e. The Labute approximate surface area is 489 Å². The smallest absolute Gasteiger partial charge is 0.326 e. The van der Waals surface area contributed by atoms with Gasteiger partial charge in [-0.15, -0.1) is 0 Å². The molecule has 85 heavy (non-hydrogen) atoms. The van der Waals surface area contributed by atoms with Gasteiger partial charge in [0.1, 0.15) is 65.9 Å². The maximum absolute atomic E-state index is 14.6. The molecule has 3 aromatic rings. The highest BCUT2D eigenvalue weighted by Crippen LogP contribution is 2.22. The highest BCUT2D eigenvalue weighted by Gasteiger charge is 2.41. The van der Waals surface area contributed by atoms with Gasteiger partial charge < -0.3 is 84.9 Å². The fraction of sp³-hybridized carbons (Fsp3) is 0.474. The number of likely N-dealkylation sites (tertiary alicyclic amines) is 1. The molecule has 18 N–H and O–H groups in total. The van der Waals surface area contributed by atoms with E-state index in [-0.39, 0.29) is 56.6 Å². The number of phenols is 2. The van der Waals surface area contributed by atoms with E-state index in [0.29, 0.717) is 16.7 Å². The van der Waals surface area contributed by atoms with Gasteiger partial charge in [-0.1, -0.05) is 74.9 Å². The molecule has 3 aromatic carbocycles. The number of benzene rings is 3. The summed E-state index contributed by atoms with van der Waals surface area (Å²) in [7, 11) is 0. The van der Waals surface area contributed by atoms with E-state index in [0.717, 1.165) is 4.90 Å². The Balaban J connectivity index is 1.63. The normalized spacial score (nSPS) is 16.4. The number of carbonyl (C=O) groups is 12. The maximum Gasteiger partial charge on any atom is 0.326 e. The molecule has 1 aliphatic rings. The van der Waals surface area contributed by atoms with Crippen LogP contribution in [0.15, 0.2) is 78.9 Å². The zero-order valence-electron chi connectivity index (χ0n) is 47.4. The van der Waals surface area contributed by atoms with Crippen LogP contribution in [0.2, 0.25) is 0 Å². The average molecular weight is 1190 g/mol. The number of aliphatic hydroxyl groups is 1. The number of carboxylic acids is 2. The molecule has 1 aliphatic heterocycles. The Morgan fingerprint density at radius 3 is 1.42 bits per heavy atom. The predicted octanol–water partition coefficient (Wildman–Crippen LogP) is -2.26. The van der Waals surface area contributed by atoms with E-state index in [1.165, 1.54) is 55.5 Å². The zero-order valence-corrected chi connectivity index (χ0v) is 47.4. The predicted molar refractivity (Wildman–Crippen MR) is 302 cm³/mol. The molecule has 0 bridgehead atoms. The Hall–Kier alpha value is -9.18. The van der Waals surface area contributed by atoms with Crippen LogP contribution < -0.4 is 54.4 Å². The van der Waals surface area contributed by atoms with Crippen molar-refractivity contribution in [1.29, 1.82) is 0 Å². The van der Waals surface area contributed by atoms with Crippen LogP contribution in [0.3, 0.4) is 0 Å². The molecule has 4 rings (SSSR count). The first-order valence-corrected chi connectivity index (χ1v) is 27.6. The molecule has 0 unspecified atom stereocenters. The van der Waals surface area contributed by atoms with Crippen LogP contribution in [0.4, 0.5) is 0 Å². The third-order valence-electron chi connectivity index (χ3n) is 14.3. The van der Waals surface area contributed by atoms with Crippen molar-refractivity contribution in [2.24, 2.45) is 23.1 Å². The fourth-order valence-electron chi connectivity index (χ4n) is 9.13. The lowest BCUT2D eigenvalue weighted by Crippen LogP contribution is -2.61. The molecular weight excluding hydrogens is 1110 g/mol. The summed E-state index contributed by atoms with van der Waals surface area (Å²) < 4.78 is 0. The molecule has 28 nitrogen and oxygen atoms in total. The first kappa shape index (κ1) is 68.3. The van der Waals surface area contributed by atoms with E-state index in [1.807, 2.05) is 0 Å². The van der Waals surface area contributed by atoms with Gasteiger partial charge in [0.15, 0.2) is 0 Å². The molecule has 0 aromatic heterocycles. The van der Waals surface area contributed by atoms with Crippen molar-refractivity contribution < 1.29 is 83.1 Å². The third kappa shape index (κ3) is 22.2. The lowest BCUT2D eigenvalue weighted by molar-refractivity contribution is -0.145. The average Bonchev–Trinajstić information content (AvgIpc) is 4.13. The molecule has 462 valence electrons. The van der Waals surface area contributed by atoms with Gasteiger partial charge in [0.25, 0.3) is 0 Å². The van der Waals surface area contributed by atoms with E-state index in [2.05, 4.69) is 37.2 Å². The summed E-state index contributed by atoms with van der Waals surface area (Å²) in [4.78, 5) is 163. The second kappa shape index (κ2) is 33.2. The molecule has 28 heteroatoms. The van der Waals surface area contributed by atoms with Crippen molar-refractivity contribution in [2.75, 3.05) is 6.54 Å². The molecule has 10 amide bonds. The molecule has 1 saturated heterocycles. The van der Waals surface area contributed by atoms with Crippen LogP contribution in [0.1, 0.15) is 95.2 Å². The number of amides is 10. The number of primary amides is 2. The van der Waals surface area contributed by atoms with E-state index < -0.39 is 176 Å². The minimum Gasteiger partial charge on any atom is -0.508 e. The number of nitrogens with one attached hydrogen (secondary N) is 7. The van der Waals surface area contributed by atoms with E-state index in [1.54, 1.807) is 44.2 Å². The Kier molecular flexibility index (Phi) is 26.7. The minimum absolute atomic E-state index is 0.0443. The molecule has 1 heterocycles. The summed E-state index contributed by atoms with van der Waals surface area (Å²) in [5.41, 5.74) is 18.1. The quantitative estimate of drug-likeness (QED) is 0.0300. The SMILES string of the molecule is CC[C@H](C)[C@H](NC(=O)[C@H](CCC(N)=O)NC(=O)[C@H](Cc1ccc(O)cc1)NC(=O)[C@@H](N)[C@@H](C)O)C(=O)N[C@@H](Cc1ccc(O)cc1)C(=O)N[C@@H](CCC(N)=O)C(=O)N[C@@H](CCC(=O)O)C(=O)N1CCC[C@H]1C(=O)N[C@@H](Cc1ccccc1)C(=O)O. The minimum atomic E-state index is -1.73. The van der Waals surface area contributed by atoms with Crippen LogP contribution in [0, 0.1) is 5.92 Å². The summed E-state index contributed by atoms with van der Waals surface area (Å²) in [5, 5.41) is 67.1. The first-order valence-electron chi connectivity index (χ1n) is 27.6. The number of hydrogen-bond acceptors (Lipinski definition) is 16. The number of phenolic OH excluding ortho intramolecular Hbond substituents is 2. The van der Waals surface area contributed by atoms with E-state index >= 15 is 0 Å². The van der Waals surface area contributed by atoms with Crippen molar-refractivity contribution in [3.05, 3.63) is 95.6 Å². The van der Waals surface area contributed by atoms with Crippen molar-refractivity contribution in [2.45, 2.75) is 158 Å². The van der Waals surface area contributed by atoms with Crippen LogP contribution in [0.25, 0.3) is 0 Å². The first-order chi connectivity index (χ1) is 40.2. The number of carbonyl (C=O) groups excluding carboxylic acids is 10. The second-order valence-corrected chi connectivity index (χ2v) is 20.9. The number of rotatable bonds is 34. The van der Waals surface area contributed by atoms with Gasteiger partial charge in [-0.2, -0.15) is 0 Å². The number of nitrogens with zero attached hydrogens (tertiary/aromatic N) is 1. The number of aromatic hydroxyl groups is 2. The van der Waals surface area contributed by atoms with Crippen LogP contribution in [0.5, 0.6) is 11.5 Å². The van der Waals surface area contributed by atoms with Gasteiger partial charge in [0, 0.05) is 45.1 Å². The van der Waals surface area contributed by atoms with Gasteiger partial charge in [0.2, 0.25) is 59.1 Å². The fourth-order valence-corrected chi connectivity index (χ4v) is 9.13. The highest BCUT2D eigenvalue weighted by atomic mass is 16.4. The highest BCUT2D eigenvalue weighted by molar-refractivity contribution is 5.99. The van der Waals surface area contributed by atoms with Gasteiger partial charge in [-0.05, 0) is 85.9 Å². The Morgan fingerprint density at radius 2 is 0.965 bits per heavy atom. The number of carboxylic acid groups (broad SMARTS) is 2. The lowest BCUT2D eigenvalue weighted by atomic mass is 9.96. The third-order valence-corrected chi connectivity index (χ3v) is 14.3. The van der Waals surface area contributed by atoms with Crippen LogP contribution in [-0.2, 0) is 76.8 Å². The molecule has 0 spiro atoms. The van der Waals surface area contributed by atoms with E-state index in [4.69, 9.17) is 17.2 Å². The molecule has 11 atom stereocenters. The Morgan fingerprint density at radius 1 is 0.541 bits per heavy atom. The summed E-state index contributed by atoms with van der Waals surface area (Å²) in [6.45, 7) is 4.46. The molecule has 0 saturated carbocycles. The number of aliphatic carboxylic acids is 2. The van der Waals surface area contributed by atoms with Crippen LogP contribution in [-0.4, -0.2) is 168 Å². The summed E-state index contributed by atoms with van der Waals surface area (Å²) in [5.74, 6) is -13.3. The summed E-state index contributed by atoms with van der Waals surface area (Å²) >= 11 is 0. The van der Waals surface area contributed by atoms with Gasteiger partial charge in [-0.3, -0.25) is 52.7 Å². The molecule has 0 radical (unpaired) electrons. The Bertz CT molecular complexity index is 2840. The monoisotopic (exact) mass is 1190 g/mol. The van der Waals surface area contributed by atoms with Gasteiger partial charge in [-0.25, -0.2) is 4.79 Å². The zero-order chi connectivity index (χ0) is 63.1. The standard InChI is InChI=1S/C57H77N11O17/c1-4-30(2)48(67-50(77)38(21-24-45(59)73)62-51(78)40(64-54(81)47(60)31(3)69)27-33-12-16-35(70)17-13-33)55(82)65-41(28-34-14-18-36(71)19-15-34)52(79)61-37(20-23-44(58)72)49(76)63-39(22-25-46(74)75)56(83)68-26-8-11-43(68)53(80)66-42(57(84)85)29-32-9-6-5-7-10-32/h5-7,9-10,12-19,30-31,37-43,47-48,69-71H,4,8,11,20-29,60H2,1-3H3,(H2,58,72)(H2,59,73)(H,61,79)(H,62,78)(H,63,76)(H,64,81)(H,65,82)(H,66,80)(H,67,77)(H,74,75)(H,84,85)/t30-,31+,37-,38-,39-,40-,41-,42-,43-,47-,48-/m0/s1. The summed E-state index contributed by atoms with van der Waals surface area (Å²) in [6.07, 6.45) is -4.56. The molecule has 0 aliphatic carbocycles. The van der Waals surface area contributed by atoms with Crippen molar-refractivity contribution in [1.82, 2.24) is 42.1 Å². The number of nitrogens with two attached hydrogens (primary N) is 3. The second-order valence-electron chi connectivity index (χ2n) is 20.9. The number of hydrogen-bond donors (Lipinski definition) is 15.